The molecule has 0 aromatic heterocycles. The van der Waals surface area contributed by atoms with Crippen LogP contribution in [0.1, 0.15) is 89.2 Å². The Bertz CT molecular complexity index is 962. The van der Waals surface area contributed by atoms with E-state index in [2.05, 4.69) is 89.0 Å². The van der Waals surface area contributed by atoms with E-state index in [-0.39, 0.29) is 5.41 Å². The number of unbranched alkanes of at least 4 members (excludes halogenated alkanes) is 6. The normalized spacial score (nSPS) is 15.2. The van der Waals surface area contributed by atoms with Crippen molar-refractivity contribution in [3.63, 3.8) is 0 Å². The number of rotatable bonds is 13. The predicted molar refractivity (Wildman–Crippen MR) is 168 cm³/mol. The Morgan fingerprint density at radius 2 is 1.14 bits per heavy atom. The lowest BCUT2D eigenvalue weighted by Crippen LogP contribution is -2.74. The van der Waals surface area contributed by atoms with E-state index in [0.29, 0.717) is 0 Å². The van der Waals surface area contributed by atoms with Crippen molar-refractivity contribution in [2.24, 2.45) is 0 Å². The van der Waals surface area contributed by atoms with Crippen LogP contribution in [0.15, 0.2) is 42.5 Å². The van der Waals surface area contributed by atoms with Gasteiger partial charge in [0.05, 0.1) is 0 Å². The Balaban J connectivity index is 2.19. The molecule has 0 saturated heterocycles. The van der Waals surface area contributed by atoms with E-state index in [1.807, 2.05) is 0 Å². The SMILES string of the molecule is CCCCCCC1(CCCCCC)c2ccccc2-c2ccc([Si](C)([Si](C)(C)Cl)[Si](C)(C)Cl)cc21. The molecule has 2 aromatic carbocycles. The molecule has 194 valence electrons. The first-order valence-corrected chi connectivity index (χ1v) is 26.6. The molecule has 0 atom stereocenters. The molecule has 1 aliphatic carbocycles. The second-order valence-corrected chi connectivity index (χ2v) is 43.4. The molecule has 0 nitrogen and oxygen atoms in total. The average molecular weight is 564 g/mol. The minimum atomic E-state index is -2.02. The Morgan fingerprint density at radius 1 is 0.629 bits per heavy atom. The number of halogens is 2. The van der Waals surface area contributed by atoms with Gasteiger partial charge in [0, 0.05) is 5.41 Å². The van der Waals surface area contributed by atoms with Gasteiger partial charge in [0.15, 0.2) is 0 Å². The van der Waals surface area contributed by atoms with E-state index >= 15 is 0 Å². The molecule has 0 aliphatic heterocycles. The summed E-state index contributed by atoms with van der Waals surface area (Å²) < 4.78 is 0. The minimum Gasteiger partial charge on any atom is -0.171 e. The topological polar surface area (TPSA) is 0 Å². The first-order valence-electron chi connectivity index (χ1n) is 14.1. The van der Waals surface area contributed by atoms with Crippen molar-refractivity contribution in [2.75, 3.05) is 0 Å². The summed E-state index contributed by atoms with van der Waals surface area (Å²) in [4.78, 5) is 0. The van der Waals surface area contributed by atoms with Crippen LogP contribution in [0.4, 0.5) is 0 Å². The van der Waals surface area contributed by atoms with Gasteiger partial charge >= 0.3 is 0 Å². The molecular formula is C30H48Cl2Si3. The summed E-state index contributed by atoms with van der Waals surface area (Å²) in [5.41, 5.74) is 6.23. The maximum atomic E-state index is 7.36. The van der Waals surface area contributed by atoms with Gasteiger partial charge in [-0.15, -0.1) is 0 Å². The van der Waals surface area contributed by atoms with Crippen LogP contribution >= 0.6 is 22.2 Å². The molecule has 3 rings (SSSR count). The molecular weight excluding hydrogens is 515 g/mol. The molecule has 0 radical (unpaired) electrons. The molecule has 0 bridgehead atoms. The fourth-order valence-electron chi connectivity index (χ4n) is 6.53. The van der Waals surface area contributed by atoms with Crippen LogP contribution < -0.4 is 5.19 Å². The Hall–Kier alpha value is -0.329. The number of benzene rings is 2. The quantitative estimate of drug-likeness (QED) is 0.129. The monoisotopic (exact) mass is 562 g/mol. The van der Waals surface area contributed by atoms with Crippen molar-refractivity contribution in [2.45, 2.75) is 116 Å². The summed E-state index contributed by atoms with van der Waals surface area (Å²) in [6.45, 7) is 12.6. The van der Waals surface area contributed by atoms with Crippen molar-refractivity contribution in [1.29, 1.82) is 0 Å². The van der Waals surface area contributed by atoms with Gasteiger partial charge in [-0.3, -0.25) is 0 Å². The summed E-state index contributed by atoms with van der Waals surface area (Å²) >= 11 is 14.7. The Labute approximate surface area is 228 Å². The van der Waals surface area contributed by atoms with Crippen molar-refractivity contribution in [1.82, 2.24) is 0 Å². The largest absolute Gasteiger partial charge is 0.171 e. The lowest BCUT2D eigenvalue weighted by atomic mass is 9.70. The zero-order valence-corrected chi connectivity index (χ0v) is 27.9. The highest BCUT2D eigenvalue weighted by atomic mass is 35.6. The van der Waals surface area contributed by atoms with Crippen LogP contribution in [0.3, 0.4) is 0 Å². The maximum absolute atomic E-state index is 7.36. The summed E-state index contributed by atoms with van der Waals surface area (Å²) in [5.74, 6) is 0. The highest BCUT2D eigenvalue weighted by Gasteiger charge is 2.57. The Morgan fingerprint density at radius 3 is 1.66 bits per heavy atom. The molecule has 0 N–H and O–H groups in total. The van der Waals surface area contributed by atoms with Gasteiger partial charge in [0.2, 0.25) is 0 Å². The first-order chi connectivity index (χ1) is 16.4. The van der Waals surface area contributed by atoms with E-state index in [4.69, 9.17) is 22.2 Å². The second kappa shape index (κ2) is 11.6. The number of hydrogen-bond donors (Lipinski definition) is 0. The molecule has 0 fully saturated rings. The lowest BCUT2D eigenvalue weighted by molar-refractivity contribution is 0.401. The van der Waals surface area contributed by atoms with E-state index < -0.39 is 20.9 Å². The zero-order valence-electron chi connectivity index (χ0n) is 23.4. The third-order valence-electron chi connectivity index (χ3n) is 9.14. The second-order valence-electron chi connectivity index (χ2n) is 12.1. The molecule has 0 heterocycles. The summed E-state index contributed by atoms with van der Waals surface area (Å²) in [6, 6.07) is 16.8. The summed E-state index contributed by atoms with van der Waals surface area (Å²) in [5, 5.41) is 1.52. The highest BCUT2D eigenvalue weighted by Crippen LogP contribution is 2.54. The fourth-order valence-corrected chi connectivity index (χ4v) is 48.2. The average Bonchev–Trinajstić information content (AvgIpc) is 3.07. The van der Waals surface area contributed by atoms with Crippen LogP contribution in [0, 0.1) is 0 Å². The van der Waals surface area contributed by atoms with Crippen LogP contribution in [-0.2, 0) is 5.41 Å². The predicted octanol–water partition coefficient (Wildman–Crippen LogP) is 10.2. The van der Waals surface area contributed by atoms with Crippen LogP contribution in [-0.4, -0.2) is 20.9 Å². The molecule has 35 heavy (non-hydrogen) atoms. The van der Waals surface area contributed by atoms with Crippen molar-refractivity contribution >= 4 is 48.3 Å². The van der Waals surface area contributed by atoms with Crippen molar-refractivity contribution < 1.29 is 0 Å². The molecule has 2 aromatic rings. The maximum Gasteiger partial charge on any atom is 0.145 e. The van der Waals surface area contributed by atoms with Crippen LogP contribution in [0.5, 0.6) is 0 Å². The molecule has 0 amide bonds. The van der Waals surface area contributed by atoms with Gasteiger partial charge in [-0.05, 0) is 35.1 Å². The number of fused-ring (bicyclic) bond motifs is 3. The smallest absolute Gasteiger partial charge is 0.145 e. The first kappa shape index (κ1) is 29.2. The lowest BCUT2D eigenvalue weighted by Gasteiger charge is -2.44. The van der Waals surface area contributed by atoms with E-state index in [1.54, 1.807) is 11.1 Å². The van der Waals surface area contributed by atoms with Crippen LogP contribution in [0.25, 0.3) is 11.1 Å². The van der Waals surface area contributed by atoms with Crippen molar-refractivity contribution in [3.05, 3.63) is 53.6 Å². The third-order valence-corrected chi connectivity index (χ3v) is 52.3. The molecule has 1 aliphatic rings. The molecule has 0 unspecified atom stereocenters. The van der Waals surface area contributed by atoms with Crippen molar-refractivity contribution in [3.8, 4) is 11.1 Å². The zero-order chi connectivity index (χ0) is 25.9. The van der Waals surface area contributed by atoms with E-state index in [9.17, 15) is 0 Å². The summed E-state index contributed by atoms with van der Waals surface area (Å²) in [7, 11) is -2.02. The molecule has 0 spiro atoms. The van der Waals surface area contributed by atoms with Gasteiger partial charge in [-0.1, -0.05) is 146 Å². The van der Waals surface area contributed by atoms with Gasteiger partial charge in [-0.25, -0.2) is 0 Å². The highest BCUT2D eigenvalue weighted by molar-refractivity contribution is 7.87. The Kier molecular flexibility index (Phi) is 9.68. The standard InChI is InChI=1S/C30H48Cl2Si3/c1-8-10-12-16-22-30(23-17-13-11-9-2)28-19-15-14-18-26(28)27-21-20-25(24-29(27)30)35(7,33(3,4)31)34(5,6)32/h14-15,18-21,24H,8-13,16-17,22-23H2,1-7H3. The fraction of sp³-hybridized carbons (Fsp3) is 0.600. The van der Waals surface area contributed by atoms with Gasteiger partial charge in [-0.2, -0.15) is 22.2 Å². The third kappa shape index (κ3) is 5.60. The van der Waals surface area contributed by atoms with E-state index in [0.717, 1.165) is 0 Å². The van der Waals surface area contributed by atoms with E-state index in [1.165, 1.54) is 80.5 Å². The molecule has 0 saturated carbocycles. The summed E-state index contributed by atoms with van der Waals surface area (Å²) in [6.07, 6.45) is 13.0. The number of hydrogen-bond acceptors (Lipinski definition) is 0. The van der Waals surface area contributed by atoms with Crippen LogP contribution in [0.2, 0.25) is 32.7 Å². The van der Waals surface area contributed by atoms with Gasteiger partial charge in [0.25, 0.3) is 0 Å². The molecule has 5 heteroatoms. The van der Waals surface area contributed by atoms with Gasteiger partial charge in [0.1, 0.15) is 20.9 Å². The minimum absolute atomic E-state index is 0.134. The van der Waals surface area contributed by atoms with Gasteiger partial charge < -0.3 is 0 Å².